The van der Waals surface area contributed by atoms with E-state index in [4.69, 9.17) is 5.73 Å². The number of phenols is 1. The molecule has 35 heavy (non-hydrogen) atoms. The van der Waals surface area contributed by atoms with Crippen LogP contribution in [0.25, 0.3) is 0 Å². The van der Waals surface area contributed by atoms with E-state index in [1.807, 2.05) is 6.07 Å². The molecule has 0 radical (unpaired) electrons. The normalized spacial score (nSPS) is 33.2. The number of piperidine rings is 1. The summed E-state index contributed by atoms with van der Waals surface area (Å²) in [7, 11) is 0. The quantitative estimate of drug-likeness (QED) is 0.345. The van der Waals surface area contributed by atoms with E-state index in [9.17, 15) is 34.2 Å². The van der Waals surface area contributed by atoms with Crippen LogP contribution in [0.2, 0.25) is 0 Å². The van der Waals surface area contributed by atoms with Crippen molar-refractivity contribution in [2.75, 3.05) is 13.1 Å². The van der Waals surface area contributed by atoms with Crippen molar-refractivity contribution in [2.45, 2.75) is 50.7 Å². The van der Waals surface area contributed by atoms with Gasteiger partial charge in [0, 0.05) is 28.0 Å². The van der Waals surface area contributed by atoms with Gasteiger partial charge in [-0.2, -0.15) is 0 Å². The van der Waals surface area contributed by atoms with Crippen molar-refractivity contribution in [3.05, 3.63) is 26.3 Å². The largest absolute Gasteiger partial charge is 0.507 e. The monoisotopic (exact) mass is 594 g/mol. The lowest BCUT2D eigenvalue weighted by Gasteiger charge is -2.48. The number of hydrogen-bond donors (Lipinski definition) is 3. The molecule has 1 amide bonds. The summed E-state index contributed by atoms with van der Waals surface area (Å²) in [5, 5.41) is 22.4. The minimum absolute atomic E-state index is 0.0753. The van der Waals surface area contributed by atoms with Gasteiger partial charge in [-0.05, 0) is 78.9 Å². The molecule has 2 unspecified atom stereocenters. The van der Waals surface area contributed by atoms with Crippen LogP contribution in [0.4, 0.5) is 0 Å². The Morgan fingerprint density at radius 1 is 1.11 bits per heavy atom. The van der Waals surface area contributed by atoms with E-state index >= 15 is 0 Å². The first kappa shape index (κ1) is 24.5. The van der Waals surface area contributed by atoms with Gasteiger partial charge in [0.2, 0.25) is 5.91 Å². The lowest BCUT2D eigenvalue weighted by Crippen LogP contribution is -2.68. The second kappa shape index (κ2) is 8.74. The van der Waals surface area contributed by atoms with Crippen LogP contribution in [-0.2, 0) is 32.1 Å². The number of nitrogens with two attached hydrogens (primary N) is 1. The van der Waals surface area contributed by atoms with Gasteiger partial charge in [0.05, 0.1) is 11.5 Å². The number of rotatable bonds is 3. The zero-order valence-corrected chi connectivity index (χ0v) is 21.2. The number of phenolic OH excluding ortho intramolecular Hbond substituents is 1. The standard InChI is InChI=1S/C25H27IN2O7/c26-15-8-12(10-28-4-2-1-3-5-28)20(30)18-14(15)7-11-6-13-9-16(29)19(24(27)34)23(33)25(13,35)22(32)17(11)21(18)31/h8,11,13,17,19,30,35H,1-7,9-10H2,(H2,27,34)/t11-,13+,17?,19?,25+/m1/s1. The van der Waals surface area contributed by atoms with Gasteiger partial charge in [-0.3, -0.25) is 28.9 Å². The van der Waals surface area contributed by atoms with Gasteiger partial charge in [-0.25, -0.2) is 0 Å². The number of aromatic hydroxyl groups is 1. The number of carbonyl (C=O) groups is 5. The molecule has 5 atom stereocenters. The second-order valence-corrected chi connectivity index (χ2v) is 11.5. The number of halogens is 1. The lowest BCUT2D eigenvalue weighted by molar-refractivity contribution is -0.175. The predicted molar refractivity (Wildman–Crippen MR) is 130 cm³/mol. The number of nitrogens with zero attached hydrogens (tertiary/aromatic N) is 1. The third-order valence-corrected chi connectivity index (χ3v) is 9.23. The van der Waals surface area contributed by atoms with E-state index < -0.39 is 58.3 Å². The van der Waals surface area contributed by atoms with Crippen LogP contribution < -0.4 is 5.73 Å². The summed E-state index contributed by atoms with van der Waals surface area (Å²) < 4.78 is 0.812. The molecular formula is C25H27IN2O7. The Balaban J connectivity index is 1.53. The fraction of sp³-hybridized carbons (Fsp3) is 0.560. The highest BCUT2D eigenvalue weighted by Gasteiger charge is 2.66. The smallest absolute Gasteiger partial charge is 0.235 e. The number of Topliss-reactive ketones (excluding diaryl/α,β-unsaturated/α-hetero) is 4. The minimum atomic E-state index is -2.61. The number of benzene rings is 1. The molecule has 0 spiro atoms. The van der Waals surface area contributed by atoms with Gasteiger partial charge in [0.25, 0.3) is 0 Å². The average Bonchev–Trinajstić information content (AvgIpc) is 2.80. The molecule has 3 fully saturated rings. The highest BCUT2D eigenvalue weighted by Crippen LogP contribution is 2.50. The van der Waals surface area contributed by atoms with Crippen molar-refractivity contribution >= 4 is 51.6 Å². The summed E-state index contributed by atoms with van der Waals surface area (Å²) in [6.07, 6.45) is 3.39. The number of amides is 1. The SMILES string of the molecule is NC(=O)C1C(=O)C[C@@H]2C[C@@H]3Cc4c(I)cc(CN5CCCCC5)c(O)c4C(=O)C3C(=O)[C@]2(O)C1=O. The molecule has 10 heteroatoms. The Kier molecular flexibility index (Phi) is 6.12. The number of primary amides is 1. The molecular weight excluding hydrogens is 567 g/mol. The van der Waals surface area contributed by atoms with Crippen molar-refractivity contribution in [3.63, 3.8) is 0 Å². The molecule has 3 aliphatic carbocycles. The Morgan fingerprint density at radius 2 is 1.80 bits per heavy atom. The molecule has 186 valence electrons. The molecule has 0 bridgehead atoms. The van der Waals surface area contributed by atoms with E-state index in [-0.39, 0.29) is 24.2 Å². The zero-order valence-electron chi connectivity index (χ0n) is 19.1. The summed E-state index contributed by atoms with van der Waals surface area (Å²) in [4.78, 5) is 66.7. The van der Waals surface area contributed by atoms with Gasteiger partial charge in [0.1, 0.15) is 5.75 Å². The van der Waals surface area contributed by atoms with Crippen LogP contribution in [0.5, 0.6) is 5.75 Å². The number of hydrogen-bond acceptors (Lipinski definition) is 8. The third-order valence-electron chi connectivity index (χ3n) is 8.27. The average molecular weight is 594 g/mol. The number of fused-ring (bicyclic) bond motifs is 3. The summed E-state index contributed by atoms with van der Waals surface area (Å²) in [5.41, 5.74) is 3.94. The van der Waals surface area contributed by atoms with Crippen LogP contribution in [0.3, 0.4) is 0 Å². The van der Waals surface area contributed by atoms with Gasteiger partial charge in [-0.15, -0.1) is 0 Å². The van der Waals surface area contributed by atoms with Crippen LogP contribution in [0.15, 0.2) is 6.07 Å². The molecule has 1 heterocycles. The van der Waals surface area contributed by atoms with Crippen LogP contribution >= 0.6 is 22.6 Å². The van der Waals surface area contributed by atoms with Gasteiger partial charge in [-0.1, -0.05) is 6.42 Å². The minimum Gasteiger partial charge on any atom is -0.507 e. The van der Waals surface area contributed by atoms with E-state index in [0.717, 1.165) is 29.5 Å². The molecule has 9 nitrogen and oxygen atoms in total. The Bertz CT molecular complexity index is 1170. The molecule has 1 aromatic carbocycles. The van der Waals surface area contributed by atoms with E-state index in [2.05, 4.69) is 27.5 Å². The Hall–Kier alpha value is -2.18. The molecule has 1 aliphatic heterocycles. The Morgan fingerprint density at radius 3 is 2.46 bits per heavy atom. The van der Waals surface area contributed by atoms with Crippen LogP contribution in [-0.4, -0.2) is 62.8 Å². The highest BCUT2D eigenvalue weighted by molar-refractivity contribution is 14.1. The second-order valence-electron chi connectivity index (χ2n) is 10.3. The van der Waals surface area contributed by atoms with Crippen molar-refractivity contribution in [2.24, 2.45) is 29.4 Å². The van der Waals surface area contributed by atoms with Crippen molar-refractivity contribution < 1.29 is 34.2 Å². The summed E-state index contributed by atoms with van der Waals surface area (Å²) in [6, 6.07) is 1.88. The molecule has 4 aliphatic rings. The molecule has 0 aromatic heterocycles. The number of ketones is 4. The van der Waals surface area contributed by atoms with E-state index in [0.29, 0.717) is 24.1 Å². The van der Waals surface area contributed by atoms with Gasteiger partial charge >= 0.3 is 0 Å². The van der Waals surface area contributed by atoms with Gasteiger partial charge in [0.15, 0.2) is 34.7 Å². The first-order valence-corrected chi connectivity index (χ1v) is 13.1. The maximum atomic E-state index is 13.7. The zero-order chi connectivity index (χ0) is 25.2. The maximum Gasteiger partial charge on any atom is 0.235 e. The molecule has 1 aromatic rings. The highest BCUT2D eigenvalue weighted by atomic mass is 127. The summed E-state index contributed by atoms with van der Waals surface area (Å²) in [5.74, 6) is -9.67. The molecule has 1 saturated heterocycles. The van der Waals surface area contributed by atoms with E-state index in [1.165, 1.54) is 6.42 Å². The summed E-state index contributed by atoms with van der Waals surface area (Å²) in [6.45, 7) is 2.29. The summed E-state index contributed by atoms with van der Waals surface area (Å²) >= 11 is 2.14. The Labute approximate surface area is 215 Å². The lowest BCUT2D eigenvalue weighted by atomic mass is 9.54. The van der Waals surface area contributed by atoms with Crippen molar-refractivity contribution in [3.8, 4) is 5.75 Å². The molecule has 5 rings (SSSR count). The van der Waals surface area contributed by atoms with Gasteiger partial charge < -0.3 is 15.9 Å². The number of likely N-dealkylation sites (tertiary alicyclic amines) is 1. The van der Waals surface area contributed by atoms with Crippen molar-refractivity contribution in [1.29, 1.82) is 0 Å². The topological polar surface area (TPSA) is 155 Å². The third kappa shape index (κ3) is 3.67. The van der Waals surface area contributed by atoms with Crippen molar-refractivity contribution in [1.82, 2.24) is 4.90 Å². The van der Waals surface area contributed by atoms with E-state index in [1.54, 1.807) is 0 Å². The van der Waals surface area contributed by atoms with Crippen LogP contribution in [0.1, 0.15) is 53.6 Å². The maximum absolute atomic E-state index is 13.7. The molecule has 2 saturated carbocycles. The fourth-order valence-corrected chi connectivity index (χ4v) is 7.39. The first-order valence-electron chi connectivity index (χ1n) is 12.0. The molecule has 4 N–H and O–H groups in total. The first-order chi connectivity index (χ1) is 16.6. The number of aliphatic hydroxyl groups is 1. The van der Waals surface area contributed by atoms with Crippen LogP contribution in [0, 0.1) is 27.2 Å². The fourth-order valence-electron chi connectivity index (χ4n) is 6.52. The predicted octanol–water partition coefficient (Wildman–Crippen LogP) is 0.917. The number of carbonyl (C=O) groups excluding carboxylic acids is 5.